The van der Waals surface area contributed by atoms with Crippen LogP contribution >= 0.6 is 0 Å². The van der Waals surface area contributed by atoms with Crippen molar-refractivity contribution in [3.63, 3.8) is 0 Å². The summed E-state index contributed by atoms with van der Waals surface area (Å²) in [5.74, 6) is 1.41. The number of amides is 1. The molecule has 0 aliphatic carbocycles. The minimum absolute atomic E-state index is 0.0392. The second-order valence-corrected chi connectivity index (χ2v) is 11.2. The van der Waals surface area contributed by atoms with Gasteiger partial charge in [0.2, 0.25) is 5.91 Å². The topological polar surface area (TPSA) is 72.3 Å². The molecule has 36 heavy (non-hydrogen) atoms. The Morgan fingerprint density at radius 1 is 1.14 bits per heavy atom. The molecule has 190 valence electrons. The van der Waals surface area contributed by atoms with Crippen molar-refractivity contribution in [3.05, 3.63) is 65.9 Å². The minimum atomic E-state index is 0.0392. The molecule has 3 fully saturated rings. The number of carbonyl (C=O) groups is 1. The zero-order valence-electron chi connectivity index (χ0n) is 21.8. The molecule has 1 amide bonds. The highest BCUT2D eigenvalue weighted by Crippen LogP contribution is 2.37. The molecule has 2 bridgehead atoms. The molecular weight excluding hydrogens is 450 g/mol. The fourth-order valence-corrected chi connectivity index (χ4v) is 5.66. The first-order chi connectivity index (χ1) is 17.3. The van der Waals surface area contributed by atoms with E-state index in [4.69, 9.17) is 4.74 Å². The highest BCUT2D eigenvalue weighted by molar-refractivity contribution is 5.79. The first-order valence-electron chi connectivity index (χ1n) is 13.0. The molecular formula is C29H37N5O2. The van der Waals surface area contributed by atoms with Gasteiger partial charge >= 0.3 is 0 Å². The summed E-state index contributed by atoms with van der Waals surface area (Å²) in [6.45, 7) is 9.82. The summed E-state index contributed by atoms with van der Waals surface area (Å²) in [5.41, 5.74) is 4.44. The number of hydrogen-bond donors (Lipinski definition) is 1. The first-order valence-corrected chi connectivity index (χ1v) is 13.0. The van der Waals surface area contributed by atoms with Crippen LogP contribution in [0.5, 0.6) is 5.75 Å². The fourth-order valence-electron chi connectivity index (χ4n) is 5.66. The molecule has 3 aromatic rings. The summed E-state index contributed by atoms with van der Waals surface area (Å²) in [6, 6.07) is 16.9. The fraction of sp³-hybridized carbons (Fsp3) is 0.483. The van der Waals surface area contributed by atoms with Gasteiger partial charge in [0.15, 0.2) is 0 Å². The Labute approximate surface area is 213 Å². The van der Waals surface area contributed by atoms with E-state index in [1.54, 1.807) is 7.11 Å². The maximum atomic E-state index is 13.1. The number of fused-ring (bicyclic) bond motifs is 3. The highest BCUT2D eigenvalue weighted by atomic mass is 16.5. The number of nitrogens with zero attached hydrogens (tertiary/aromatic N) is 4. The summed E-state index contributed by atoms with van der Waals surface area (Å²) in [6.07, 6.45) is 4.14. The van der Waals surface area contributed by atoms with Crippen LogP contribution in [0.2, 0.25) is 0 Å². The number of para-hydroxylation sites is 1. The van der Waals surface area contributed by atoms with E-state index in [0.29, 0.717) is 18.5 Å². The van der Waals surface area contributed by atoms with E-state index >= 15 is 0 Å². The standard InChI is InChI=1S/C29H37N5O2/c1-29(2,3)23-11-9-20(10-12-23)26-19-34(32-31-26)17-24-15-21-13-14-33(24)18-25(21)28(35)30-16-22-7-5-6-8-27(22)36-4/h5-12,19,21,24-25H,13-18H2,1-4H3,(H,30,35)/t21?,24-,25+/m1/s1. The Morgan fingerprint density at radius 3 is 2.61 bits per heavy atom. The van der Waals surface area contributed by atoms with Crippen LogP contribution in [0.1, 0.15) is 44.7 Å². The van der Waals surface area contributed by atoms with Gasteiger partial charge in [0, 0.05) is 30.3 Å². The lowest BCUT2D eigenvalue weighted by atomic mass is 9.75. The van der Waals surface area contributed by atoms with E-state index in [1.807, 2.05) is 35.1 Å². The number of carbonyl (C=O) groups excluding carboxylic acids is 1. The Kier molecular flexibility index (Phi) is 6.84. The van der Waals surface area contributed by atoms with Crippen molar-refractivity contribution in [1.82, 2.24) is 25.2 Å². The molecule has 2 unspecified atom stereocenters. The normalized spacial score (nSPS) is 23.4. The van der Waals surface area contributed by atoms with Crippen LogP contribution in [0, 0.1) is 11.8 Å². The molecule has 2 aromatic carbocycles. The largest absolute Gasteiger partial charge is 0.496 e. The van der Waals surface area contributed by atoms with Crippen molar-refractivity contribution in [2.45, 2.75) is 58.2 Å². The number of nitrogens with one attached hydrogen (secondary N) is 1. The van der Waals surface area contributed by atoms with E-state index in [9.17, 15) is 4.79 Å². The van der Waals surface area contributed by atoms with Gasteiger partial charge in [-0.3, -0.25) is 14.4 Å². The number of piperidine rings is 3. The van der Waals surface area contributed by atoms with Crippen LogP contribution in [0.15, 0.2) is 54.7 Å². The van der Waals surface area contributed by atoms with Gasteiger partial charge < -0.3 is 10.1 Å². The van der Waals surface area contributed by atoms with Gasteiger partial charge in [0.05, 0.1) is 25.8 Å². The van der Waals surface area contributed by atoms with Crippen molar-refractivity contribution in [2.75, 3.05) is 20.2 Å². The van der Waals surface area contributed by atoms with Gasteiger partial charge in [-0.25, -0.2) is 0 Å². The lowest BCUT2D eigenvalue weighted by Crippen LogP contribution is -2.58. The average Bonchev–Trinajstić information content (AvgIpc) is 3.36. The van der Waals surface area contributed by atoms with Crippen LogP contribution in [-0.2, 0) is 23.3 Å². The number of rotatable bonds is 7. The Hall–Kier alpha value is -3.19. The van der Waals surface area contributed by atoms with Gasteiger partial charge in [-0.15, -0.1) is 5.10 Å². The zero-order valence-corrected chi connectivity index (χ0v) is 21.8. The zero-order chi connectivity index (χ0) is 25.3. The molecule has 4 atom stereocenters. The molecule has 7 heteroatoms. The second kappa shape index (κ2) is 10.1. The number of ether oxygens (including phenoxy) is 1. The van der Waals surface area contributed by atoms with Crippen LogP contribution in [0.3, 0.4) is 0 Å². The average molecular weight is 488 g/mol. The van der Waals surface area contributed by atoms with Gasteiger partial charge in [-0.2, -0.15) is 0 Å². The summed E-state index contributed by atoms with van der Waals surface area (Å²) in [5, 5.41) is 12.0. The van der Waals surface area contributed by atoms with Crippen LogP contribution < -0.4 is 10.1 Å². The number of hydrogen-bond acceptors (Lipinski definition) is 5. The number of aromatic nitrogens is 3. The summed E-state index contributed by atoms with van der Waals surface area (Å²) < 4.78 is 7.39. The van der Waals surface area contributed by atoms with Crippen LogP contribution in [-0.4, -0.2) is 52.0 Å². The molecule has 4 heterocycles. The molecule has 6 rings (SSSR count). The molecule has 3 aliphatic heterocycles. The maximum Gasteiger partial charge on any atom is 0.224 e. The Morgan fingerprint density at radius 2 is 1.92 bits per heavy atom. The van der Waals surface area contributed by atoms with Crippen LogP contribution in [0.25, 0.3) is 11.3 Å². The summed E-state index contributed by atoms with van der Waals surface area (Å²) in [4.78, 5) is 15.5. The third-order valence-corrected chi connectivity index (χ3v) is 7.84. The van der Waals surface area contributed by atoms with Gasteiger partial charge in [-0.1, -0.05) is 68.4 Å². The second-order valence-electron chi connectivity index (χ2n) is 11.2. The summed E-state index contributed by atoms with van der Waals surface area (Å²) >= 11 is 0. The minimum Gasteiger partial charge on any atom is -0.496 e. The molecule has 0 saturated carbocycles. The Balaban J connectivity index is 1.18. The number of benzene rings is 2. The SMILES string of the molecule is COc1ccccc1CNC(=O)[C@H]1CN2CCC1C[C@@H]2Cn1cc(-c2ccc(C(C)(C)C)cc2)nn1. The van der Waals surface area contributed by atoms with E-state index in [0.717, 1.165) is 55.0 Å². The van der Waals surface area contributed by atoms with Crippen molar-refractivity contribution < 1.29 is 9.53 Å². The van der Waals surface area contributed by atoms with E-state index < -0.39 is 0 Å². The van der Waals surface area contributed by atoms with Crippen molar-refractivity contribution in [2.24, 2.45) is 11.8 Å². The summed E-state index contributed by atoms with van der Waals surface area (Å²) in [7, 11) is 1.66. The lowest BCUT2D eigenvalue weighted by Gasteiger charge is -2.49. The molecule has 3 saturated heterocycles. The quantitative estimate of drug-likeness (QED) is 0.539. The van der Waals surface area contributed by atoms with E-state index in [2.05, 4.69) is 65.6 Å². The number of methoxy groups -OCH3 is 1. The third kappa shape index (κ3) is 5.16. The maximum absolute atomic E-state index is 13.1. The smallest absolute Gasteiger partial charge is 0.224 e. The molecule has 0 spiro atoms. The molecule has 7 nitrogen and oxygen atoms in total. The van der Waals surface area contributed by atoms with E-state index in [-0.39, 0.29) is 17.2 Å². The lowest BCUT2D eigenvalue weighted by molar-refractivity contribution is -0.133. The molecule has 1 N–H and O–H groups in total. The Bertz CT molecular complexity index is 1200. The monoisotopic (exact) mass is 487 g/mol. The molecule has 3 aliphatic rings. The first kappa shape index (κ1) is 24.5. The highest BCUT2D eigenvalue weighted by Gasteiger charge is 2.43. The van der Waals surface area contributed by atoms with Crippen molar-refractivity contribution >= 4 is 5.91 Å². The van der Waals surface area contributed by atoms with Gasteiger partial charge in [0.25, 0.3) is 0 Å². The van der Waals surface area contributed by atoms with Gasteiger partial charge in [-0.05, 0) is 42.3 Å². The third-order valence-electron chi connectivity index (χ3n) is 7.84. The van der Waals surface area contributed by atoms with E-state index in [1.165, 1.54) is 5.56 Å². The molecule has 1 aromatic heterocycles. The molecule has 0 radical (unpaired) electrons. The predicted molar refractivity (Wildman–Crippen MR) is 141 cm³/mol. The van der Waals surface area contributed by atoms with Crippen molar-refractivity contribution in [3.8, 4) is 17.0 Å². The van der Waals surface area contributed by atoms with Crippen molar-refractivity contribution in [1.29, 1.82) is 0 Å². The predicted octanol–water partition coefficient (Wildman–Crippen LogP) is 4.28. The van der Waals surface area contributed by atoms with Gasteiger partial charge in [0.1, 0.15) is 11.4 Å². The van der Waals surface area contributed by atoms with Crippen LogP contribution in [0.4, 0.5) is 0 Å².